The molecule has 10 heteroatoms. The van der Waals surface area contributed by atoms with Crippen LogP contribution >= 0.6 is 11.6 Å². The lowest BCUT2D eigenvalue weighted by molar-refractivity contribution is -0.128. The minimum atomic E-state index is -3.75. The van der Waals surface area contributed by atoms with Crippen LogP contribution in [0.25, 0.3) is 0 Å². The molecule has 2 aromatic rings. The van der Waals surface area contributed by atoms with Crippen LogP contribution in [0.15, 0.2) is 41.3 Å². The van der Waals surface area contributed by atoms with Crippen molar-refractivity contribution in [2.24, 2.45) is 0 Å². The number of carbonyl (C=O) groups excluding carboxylic acids is 2. The molecule has 0 saturated heterocycles. The fourth-order valence-corrected chi connectivity index (χ4v) is 3.56. The second-order valence-corrected chi connectivity index (χ2v) is 9.39. The number of rotatable bonds is 6. The quantitative estimate of drug-likeness (QED) is 0.653. The Morgan fingerprint density at radius 3 is 2.40 bits per heavy atom. The molecule has 30 heavy (non-hydrogen) atoms. The zero-order valence-corrected chi connectivity index (χ0v) is 18.9. The number of halogens is 1. The van der Waals surface area contributed by atoms with E-state index in [2.05, 4.69) is 10.9 Å². The summed E-state index contributed by atoms with van der Waals surface area (Å²) >= 11 is 6.03. The summed E-state index contributed by atoms with van der Waals surface area (Å²) in [5.41, 5.74) is 6.33. The summed E-state index contributed by atoms with van der Waals surface area (Å²) in [6.45, 7) is 5.36. The van der Waals surface area contributed by atoms with E-state index in [9.17, 15) is 18.0 Å². The molecule has 0 aliphatic carbocycles. The number of nitrogens with one attached hydrogen (secondary N) is 2. The van der Waals surface area contributed by atoms with Gasteiger partial charge in [0, 0.05) is 14.1 Å². The van der Waals surface area contributed by atoms with Crippen molar-refractivity contribution in [3.05, 3.63) is 58.1 Å². The average Bonchev–Trinajstić information content (AvgIpc) is 2.69. The van der Waals surface area contributed by atoms with Crippen molar-refractivity contribution in [1.82, 2.24) is 15.2 Å². The lowest BCUT2D eigenvalue weighted by atomic mass is 10.1. The second kappa shape index (κ2) is 9.46. The third-order valence-corrected chi connectivity index (χ3v) is 6.63. The Balaban J connectivity index is 2.08. The Hall–Kier alpha value is -2.62. The maximum absolute atomic E-state index is 12.4. The summed E-state index contributed by atoms with van der Waals surface area (Å²) in [7, 11) is -0.997. The van der Waals surface area contributed by atoms with Gasteiger partial charge in [-0.2, -0.15) is 0 Å². The molecule has 0 spiro atoms. The van der Waals surface area contributed by atoms with Crippen molar-refractivity contribution in [2.75, 3.05) is 14.1 Å². The first-order valence-corrected chi connectivity index (χ1v) is 10.8. The van der Waals surface area contributed by atoms with Crippen molar-refractivity contribution in [1.29, 1.82) is 0 Å². The number of aryl methyl sites for hydroxylation is 1. The lowest BCUT2D eigenvalue weighted by Crippen LogP contribution is -2.47. The van der Waals surface area contributed by atoms with Gasteiger partial charge in [-0.15, -0.1) is 0 Å². The molecule has 0 saturated carbocycles. The predicted octanol–water partition coefficient (Wildman–Crippen LogP) is 2.44. The smallest absolute Gasteiger partial charge is 0.279 e. The Morgan fingerprint density at radius 1 is 1.10 bits per heavy atom. The largest absolute Gasteiger partial charge is 0.481 e. The molecule has 2 aromatic carbocycles. The number of hydrogen-bond donors (Lipinski definition) is 2. The number of hydrazine groups is 1. The fourth-order valence-electron chi connectivity index (χ4n) is 2.43. The summed E-state index contributed by atoms with van der Waals surface area (Å²) in [6, 6.07) is 9.26. The van der Waals surface area contributed by atoms with Gasteiger partial charge in [0.25, 0.3) is 11.8 Å². The molecule has 8 nitrogen and oxygen atoms in total. The van der Waals surface area contributed by atoms with E-state index in [1.165, 1.54) is 26.2 Å². The maximum atomic E-state index is 12.4. The van der Waals surface area contributed by atoms with Gasteiger partial charge in [0.1, 0.15) is 5.75 Å². The zero-order chi connectivity index (χ0) is 22.6. The first-order chi connectivity index (χ1) is 13.9. The number of benzene rings is 2. The highest BCUT2D eigenvalue weighted by molar-refractivity contribution is 7.89. The predicted molar refractivity (Wildman–Crippen MR) is 114 cm³/mol. The number of sulfonamides is 1. The normalized spacial score (nSPS) is 12.4. The molecule has 162 valence electrons. The molecule has 0 aromatic heterocycles. The van der Waals surface area contributed by atoms with E-state index >= 15 is 0 Å². The molecule has 0 aliphatic rings. The Morgan fingerprint density at radius 2 is 1.77 bits per heavy atom. The highest BCUT2D eigenvalue weighted by Gasteiger charge is 2.22. The van der Waals surface area contributed by atoms with Crippen LogP contribution in [-0.4, -0.2) is 44.7 Å². The van der Waals surface area contributed by atoms with E-state index in [1.54, 1.807) is 13.0 Å². The number of carbonyl (C=O) groups is 2. The van der Waals surface area contributed by atoms with Crippen molar-refractivity contribution in [3.8, 4) is 5.75 Å². The van der Waals surface area contributed by atoms with E-state index in [4.69, 9.17) is 16.3 Å². The fraction of sp³-hybridized carbons (Fsp3) is 0.300. The van der Waals surface area contributed by atoms with Gasteiger partial charge in [-0.1, -0.05) is 23.7 Å². The highest BCUT2D eigenvalue weighted by Crippen LogP contribution is 2.23. The van der Waals surface area contributed by atoms with Crippen molar-refractivity contribution in [3.63, 3.8) is 0 Å². The van der Waals surface area contributed by atoms with Crippen LogP contribution in [0.3, 0.4) is 0 Å². The summed E-state index contributed by atoms with van der Waals surface area (Å²) < 4.78 is 31.2. The molecule has 2 N–H and O–H groups in total. The zero-order valence-electron chi connectivity index (χ0n) is 17.3. The van der Waals surface area contributed by atoms with E-state index in [1.807, 2.05) is 26.0 Å². The van der Waals surface area contributed by atoms with Crippen LogP contribution in [0, 0.1) is 13.8 Å². The van der Waals surface area contributed by atoms with Gasteiger partial charge >= 0.3 is 0 Å². The van der Waals surface area contributed by atoms with Crippen molar-refractivity contribution < 1.29 is 22.7 Å². The number of nitrogens with zero attached hydrogens (tertiary/aromatic N) is 1. The van der Waals surface area contributed by atoms with E-state index in [0.29, 0.717) is 5.75 Å². The third kappa shape index (κ3) is 5.29. The van der Waals surface area contributed by atoms with E-state index in [-0.39, 0.29) is 15.5 Å². The van der Waals surface area contributed by atoms with Gasteiger partial charge in [-0.3, -0.25) is 20.4 Å². The van der Waals surface area contributed by atoms with E-state index in [0.717, 1.165) is 21.5 Å². The van der Waals surface area contributed by atoms with Crippen LogP contribution in [0.2, 0.25) is 5.02 Å². The Bertz CT molecular complexity index is 1070. The van der Waals surface area contributed by atoms with Gasteiger partial charge in [0.15, 0.2) is 6.10 Å². The van der Waals surface area contributed by atoms with Gasteiger partial charge in [-0.05, 0) is 56.2 Å². The van der Waals surface area contributed by atoms with Gasteiger partial charge in [0.05, 0.1) is 15.5 Å². The summed E-state index contributed by atoms with van der Waals surface area (Å²) in [6.07, 6.45) is -0.887. The molecule has 0 heterocycles. The molecule has 1 atom stereocenters. The molecule has 0 bridgehead atoms. The molecule has 0 fully saturated rings. The number of amides is 2. The summed E-state index contributed by atoms with van der Waals surface area (Å²) in [5.74, 6) is -0.783. The van der Waals surface area contributed by atoms with Crippen molar-refractivity contribution in [2.45, 2.75) is 31.8 Å². The molecule has 0 aliphatic heterocycles. The van der Waals surface area contributed by atoms with Crippen LogP contribution in [0.4, 0.5) is 0 Å². The Kier molecular flexibility index (Phi) is 7.46. The molecular weight excluding hydrogens is 430 g/mol. The first kappa shape index (κ1) is 23.7. The SMILES string of the molecule is Cc1cccc(OC(C)C(=O)NNC(=O)c2cc(S(=O)(=O)N(C)C)ccc2Cl)c1C. The highest BCUT2D eigenvalue weighted by atomic mass is 35.5. The summed E-state index contributed by atoms with van der Waals surface area (Å²) in [5, 5.41) is 0.0409. The number of ether oxygens (including phenoxy) is 1. The monoisotopic (exact) mass is 453 g/mol. The maximum Gasteiger partial charge on any atom is 0.279 e. The minimum absolute atomic E-state index is 0.0409. The lowest BCUT2D eigenvalue weighted by Gasteiger charge is -2.17. The molecule has 1 unspecified atom stereocenters. The molecular formula is C20H24ClN3O5S. The molecule has 0 radical (unpaired) electrons. The third-order valence-electron chi connectivity index (χ3n) is 4.49. The van der Waals surface area contributed by atoms with Gasteiger partial charge < -0.3 is 4.74 Å². The van der Waals surface area contributed by atoms with Crippen LogP contribution in [-0.2, 0) is 14.8 Å². The first-order valence-electron chi connectivity index (χ1n) is 9.00. The van der Waals surface area contributed by atoms with Gasteiger partial charge in [-0.25, -0.2) is 12.7 Å². The second-order valence-electron chi connectivity index (χ2n) is 6.83. The summed E-state index contributed by atoms with van der Waals surface area (Å²) in [4.78, 5) is 24.6. The van der Waals surface area contributed by atoms with Crippen LogP contribution < -0.4 is 15.6 Å². The molecule has 2 rings (SSSR count). The topological polar surface area (TPSA) is 105 Å². The minimum Gasteiger partial charge on any atom is -0.481 e. The van der Waals surface area contributed by atoms with Crippen LogP contribution in [0.1, 0.15) is 28.4 Å². The average molecular weight is 454 g/mol. The number of hydrogen-bond acceptors (Lipinski definition) is 5. The van der Waals surface area contributed by atoms with Crippen molar-refractivity contribution >= 4 is 33.4 Å². The molecule has 2 amide bonds. The van der Waals surface area contributed by atoms with Crippen LogP contribution in [0.5, 0.6) is 5.75 Å². The standard InChI is InChI=1S/C20H24ClN3O5S/c1-12-7-6-8-18(13(12)2)29-14(3)19(25)22-23-20(26)16-11-15(9-10-17(16)21)30(27,28)24(4)5/h6-11,14H,1-5H3,(H,22,25)(H,23,26). The van der Waals surface area contributed by atoms with E-state index < -0.39 is 27.9 Å². The van der Waals surface area contributed by atoms with Gasteiger partial charge in [0.2, 0.25) is 10.0 Å². The Labute approximate surface area is 181 Å².